The Morgan fingerprint density at radius 3 is 0.436 bits per heavy atom. The summed E-state index contributed by atoms with van der Waals surface area (Å²) in [6, 6.07) is 0. The van der Waals surface area contributed by atoms with E-state index in [9.17, 15) is 132 Å². The monoisotopic (exact) mass is 1490 g/mol. The molecular formula is C52H64F42. The minimum absolute atomic E-state index is 0.0271. The predicted molar refractivity (Wildman–Crippen MR) is 249 cm³/mol. The van der Waals surface area contributed by atoms with Crippen LogP contribution < -0.4 is 0 Å². The maximum absolute atomic E-state index is 15.9. The Balaban J connectivity index is 8.33. The summed E-state index contributed by atoms with van der Waals surface area (Å²) in [5, 5.41) is 0. The molecule has 42 heteroatoms. The second kappa shape index (κ2) is 31.3. The van der Waals surface area contributed by atoms with E-state index in [0.29, 0.717) is 51.4 Å². The first-order valence-corrected chi connectivity index (χ1v) is 28.5. The van der Waals surface area contributed by atoms with Crippen LogP contribution in [0.1, 0.15) is 194 Å². The Morgan fingerprint density at radius 2 is 0.287 bits per heavy atom. The molecule has 0 aromatic rings. The van der Waals surface area contributed by atoms with E-state index in [-0.39, 0.29) is 38.5 Å². The van der Waals surface area contributed by atoms with Gasteiger partial charge in [0.1, 0.15) is 0 Å². The van der Waals surface area contributed by atoms with Crippen LogP contribution in [0, 0.1) is 11.8 Å². The van der Waals surface area contributed by atoms with Crippen LogP contribution in [0.15, 0.2) is 0 Å². The topological polar surface area (TPSA) is 0 Å². The van der Waals surface area contributed by atoms with Gasteiger partial charge in [0, 0.05) is 12.8 Å². The third kappa shape index (κ3) is 17.1. The lowest BCUT2D eigenvalue weighted by Crippen LogP contribution is -2.77. The third-order valence-corrected chi connectivity index (χ3v) is 15.7. The Bertz CT molecular complexity index is 2090. The first-order chi connectivity index (χ1) is 41.6. The van der Waals surface area contributed by atoms with Gasteiger partial charge in [0.05, 0.1) is 0 Å². The van der Waals surface area contributed by atoms with Crippen LogP contribution in [0.2, 0.25) is 0 Å². The first-order valence-electron chi connectivity index (χ1n) is 28.5. The lowest BCUT2D eigenvalue weighted by molar-refractivity contribution is -0.474. The zero-order valence-electron chi connectivity index (χ0n) is 48.8. The Morgan fingerprint density at radius 1 is 0.160 bits per heavy atom. The van der Waals surface area contributed by atoms with Crippen molar-refractivity contribution in [2.24, 2.45) is 11.8 Å². The summed E-state index contributed by atoms with van der Waals surface area (Å²) in [7, 11) is 0. The summed E-state index contributed by atoms with van der Waals surface area (Å²) in [6.07, 6.45) is -23.4. The van der Waals surface area contributed by atoms with Gasteiger partial charge in [-0.1, -0.05) is 168 Å². The van der Waals surface area contributed by atoms with Gasteiger partial charge >= 0.3 is 119 Å². The second-order valence-corrected chi connectivity index (χ2v) is 22.9. The third-order valence-electron chi connectivity index (χ3n) is 15.7. The molecule has 0 aliphatic heterocycles. The van der Waals surface area contributed by atoms with Gasteiger partial charge in [-0.05, 0) is 24.7 Å². The van der Waals surface area contributed by atoms with Crippen molar-refractivity contribution in [2.75, 3.05) is 0 Å². The maximum Gasteiger partial charge on any atom is 0.460 e. The summed E-state index contributed by atoms with van der Waals surface area (Å²) in [5.41, 5.74) is 0. The normalized spacial score (nSPS) is 16.3. The van der Waals surface area contributed by atoms with Gasteiger partial charge in [-0.2, -0.15) is 184 Å². The molecule has 0 aromatic carbocycles. The molecule has 0 amide bonds. The van der Waals surface area contributed by atoms with Gasteiger partial charge in [0.2, 0.25) is 0 Å². The van der Waals surface area contributed by atoms with E-state index in [0.717, 1.165) is 38.5 Å². The molecule has 0 radical (unpaired) electrons. The molecule has 0 nitrogen and oxygen atoms in total. The second-order valence-electron chi connectivity index (χ2n) is 22.9. The lowest BCUT2D eigenvalue weighted by Gasteiger charge is -2.45. The highest BCUT2D eigenvalue weighted by atomic mass is 19.5. The van der Waals surface area contributed by atoms with Crippen LogP contribution in [0.3, 0.4) is 0 Å². The molecule has 94 heavy (non-hydrogen) atoms. The van der Waals surface area contributed by atoms with Gasteiger partial charge in [0.15, 0.2) is 0 Å². The average Bonchev–Trinajstić information content (AvgIpc) is 0.695. The maximum atomic E-state index is 15.9. The van der Waals surface area contributed by atoms with E-state index in [2.05, 4.69) is 0 Å². The minimum atomic E-state index is -9.75. The fourth-order valence-corrected chi connectivity index (χ4v) is 9.60. The van der Waals surface area contributed by atoms with Crippen LogP contribution in [0.5, 0.6) is 0 Å². The zero-order chi connectivity index (χ0) is 75.0. The molecule has 0 aromatic heterocycles. The Hall–Kier alpha value is -2.94. The molecule has 0 aliphatic rings. The molecule has 2 unspecified atom stereocenters. The largest absolute Gasteiger partial charge is 0.460 e. The van der Waals surface area contributed by atoms with Crippen molar-refractivity contribution in [1.29, 1.82) is 0 Å². The SMILES string of the molecule is CCCCCCCCCCCCCCC(CC(F)(F)C(F)(F)C(F)(F)C(F)(F)C(F)(F)C(F)(F)C(F)(F)C(F)(F)C(F)(F)C(F)(F)F)C(CCCCCCCCCCCCCC)CC(F)(F)C(F)(F)C(F)(F)C(F)(F)C(F)(F)C(F)(F)C(F)(F)C(F)(F)C(F)(F)C(F)(F)F. The summed E-state index contributed by atoms with van der Waals surface area (Å²) in [6.45, 7) is 3.70. The van der Waals surface area contributed by atoms with Gasteiger partial charge in [-0.3, -0.25) is 0 Å². The van der Waals surface area contributed by atoms with Crippen LogP contribution in [-0.2, 0) is 0 Å². The Kier molecular flexibility index (Phi) is 30.3. The number of hydrogen-bond acceptors (Lipinski definition) is 0. The number of hydrogen-bond donors (Lipinski definition) is 0. The van der Waals surface area contributed by atoms with Crippen molar-refractivity contribution >= 4 is 0 Å². The molecule has 0 spiro atoms. The molecule has 566 valence electrons. The molecule has 2 atom stereocenters. The van der Waals surface area contributed by atoms with Crippen molar-refractivity contribution in [2.45, 2.75) is 313 Å². The molecule has 0 fully saturated rings. The Labute approximate surface area is 508 Å². The van der Waals surface area contributed by atoms with E-state index in [1.165, 1.54) is 0 Å². The summed E-state index contributed by atoms with van der Waals surface area (Å²) in [4.78, 5) is 0. The fourth-order valence-electron chi connectivity index (χ4n) is 9.60. The highest BCUT2D eigenvalue weighted by molar-refractivity contribution is 5.20. The van der Waals surface area contributed by atoms with Gasteiger partial charge in [-0.15, -0.1) is 0 Å². The molecule has 0 rings (SSSR count). The molecule has 0 saturated heterocycles. The highest BCUT2D eigenvalue weighted by Gasteiger charge is 3.00. The van der Waals surface area contributed by atoms with Crippen LogP contribution >= 0.6 is 0 Å². The molecule has 0 saturated carbocycles. The van der Waals surface area contributed by atoms with E-state index < -0.39 is 182 Å². The molecular weight excluding hydrogens is 1420 g/mol. The van der Waals surface area contributed by atoms with Gasteiger partial charge in [0.25, 0.3) is 0 Å². The smallest absolute Gasteiger partial charge is 0.200 e. The number of halogens is 42. The molecule has 0 aliphatic carbocycles. The van der Waals surface area contributed by atoms with Gasteiger partial charge in [-0.25, -0.2) is 0 Å². The van der Waals surface area contributed by atoms with Crippen molar-refractivity contribution in [3.63, 3.8) is 0 Å². The summed E-state index contributed by atoms with van der Waals surface area (Å²) < 4.78 is 603. The lowest BCUT2D eigenvalue weighted by atomic mass is 9.74. The molecule has 0 N–H and O–H groups in total. The van der Waals surface area contributed by atoms with Crippen molar-refractivity contribution in [3.05, 3.63) is 0 Å². The molecule has 0 bridgehead atoms. The highest BCUT2D eigenvalue weighted by Crippen LogP contribution is 2.69. The standard InChI is InChI=1S/C52H64F42/c1-3-5-7-9-11-13-15-17-19-21-23-25-27-31(29-33(53,54)35(57,58)37(61,62)39(65,66)41(69,70)43(73,74)45(77,78)47(81,82)49(85,86)51(89,90)91)32(28-26-24-22-20-18-16-14-12-10-8-6-4-2)30-34(55,56)36(59,60)38(63,64)40(67,68)42(71,72)44(75,76)46(79,80)48(83,84)50(87,88)52(92,93)94/h31-32H,3-30H2,1-2H3. The number of unbranched alkanes of at least 4 members (excludes halogenated alkanes) is 22. The summed E-state index contributed by atoms with van der Waals surface area (Å²) in [5.74, 6) is -173. The van der Waals surface area contributed by atoms with E-state index in [1.807, 2.05) is 13.8 Å². The van der Waals surface area contributed by atoms with Crippen LogP contribution in [0.25, 0.3) is 0 Å². The summed E-state index contributed by atoms with van der Waals surface area (Å²) >= 11 is 0. The number of rotatable bonds is 47. The van der Waals surface area contributed by atoms with Crippen LogP contribution in [0.4, 0.5) is 184 Å². The average molecular weight is 1490 g/mol. The van der Waals surface area contributed by atoms with E-state index >= 15 is 52.7 Å². The minimum Gasteiger partial charge on any atom is -0.200 e. The quantitative estimate of drug-likeness (QED) is 0.0421. The molecule has 0 heterocycles. The van der Waals surface area contributed by atoms with E-state index in [1.54, 1.807) is 0 Å². The zero-order valence-corrected chi connectivity index (χ0v) is 48.8. The van der Waals surface area contributed by atoms with Gasteiger partial charge < -0.3 is 0 Å². The van der Waals surface area contributed by atoms with Crippen LogP contribution in [-0.4, -0.2) is 119 Å². The van der Waals surface area contributed by atoms with Crippen molar-refractivity contribution < 1.29 is 184 Å². The van der Waals surface area contributed by atoms with Crippen molar-refractivity contribution in [1.82, 2.24) is 0 Å². The number of alkyl halides is 42. The van der Waals surface area contributed by atoms with Crippen molar-refractivity contribution in [3.8, 4) is 0 Å². The fraction of sp³-hybridized carbons (Fsp3) is 1.00. The predicted octanol–water partition coefficient (Wildman–Crippen LogP) is 25.7. The van der Waals surface area contributed by atoms with E-state index in [4.69, 9.17) is 0 Å². The first kappa shape index (κ1) is 91.1.